The second-order valence-electron chi connectivity index (χ2n) is 6.99. The Kier molecular flexibility index (Phi) is 6.51. The molecule has 146 valence electrons. The highest BCUT2D eigenvalue weighted by atomic mass is 16.5. The van der Waals surface area contributed by atoms with Crippen molar-refractivity contribution < 1.29 is 14.4 Å². The van der Waals surface area contributed by atoms with Gasteiger partial charge in [-0.1, -0.05) is 12.1 Å². The van der Waals surface area contributed by atoms with Gasteiger partial charge in [0.05, 0.1) is 55.7 Å². The molecule has 1 aliphatic heterocycles. The molecular weight excluding hydrogens is 352 g/mol. The fourth-order valence-electron chi connectivity index (χ4n) is 3.37. The first-order chi connectivity index (χ1) is 13.6. The lowest BCUT2D eigenvalue weighted by molar-refractivity contribution is -0.898. The Morgan fingerprint density at radius 3 is 2.54 bits per heavy atom. The smallest absolute Gasteiger partial charge is 0.265 e. The van der Waals surface area contributed by atoms with Gasteiger partial charge in [0.1, 0.15) is 5.75 Å². The number of para-hydroxylation sites is 2. The average Bonchev–Trinajstić information content (AvgIpc) is 2.74. The van der Waals surface area contributed by atoms with Crippen LogP contribution >= 0.6 is 0 Å². The molecule has 6 heteroatoms. The number of likely N-dealkylation sites (N-methyl/N-ethyl adjacent to an activating group) is 1. The molecule has 1 fully saturated rings. The Labute approximate surface area is 166 Å². The zero-order valence-corrected chi connectivity index (χ0v) is 16.4. The van der Waals surface area contributed by atoms with Crippen molar-refractivity contribution in [1.82, 2.24) is 0 Å². The van der Waals surface area contributed by atoms with Gasteiger partial charge in [0.15, 0.2) is 6.10 Å². The number of benzene rings is 2. The molecule has 2 aromatic carbocycles. The summed E-state index contributed by atoms with van der Waals surface area (Å²) in [7, 11) is 0. The van der Waals surface area contributed by atoms with Gasteiger partial charge in [-0.2, -0.15) is 5.26 Å². The lowest BCUT2D eigenvalue weighted by atomic mass is 10.2. The molecule has 1 atom stereocenters. The molecule has 0 aliphatic carbocycles. The third-order valence-electron chi connectivity index (χ3n) is 5.14. The van der Waals surface area contributed by atoms with E-state index in [1.165, 1.54) is 0 Å². The second kappa shape index (κ2) is 9.25. The summed E-state index contributed by atoms with van der Waals surface area (Å²) in [4.78, 5) is 16.6. The molecule has 1 amide bonds. The molecule has 1 heterocycles. The van der Waals surface area contributed by atoms with Crippen molar-refractivity contribution in [1.29, 1.82) is 5.26 Å². The summed E-state index contributed by atoms with van der Waals surface area (Å²) in [6, 6.07) is 16.7. The van der Waals surface area contributed by atoms with Crippen molar-refractivity contribution in [3.05, 3.63) is 54.1 Å². The van der Waals surface area contributed by atoms with Gasteiger partial charge in [0.2, 0.25) is 0 Å². The van der Waals surface area contributed by atoms with E-state index in [0.717, 1.165) is 44.1 Å². The number of amides is 1. The number of rotatable bonds is 6. The maximum atomic E-state index is 12.7. The molecule has 1 saturated heterocycles. The Morgan fingerprint density at radius 1 is 1.21 bits per heavy atom. The fraction of sp³-hybridized carbons (Fsp3) is 0.364. The first-order valence-electron chi connectivity index (χ1n) is 9.76. The number of hydrogen-bond donors (Lipinski definition) is 2. The van der Waals surface area contributed by atoms with E-state index in [2.05, 4.69) is 29.3 Å². The number of carbonyl (C=O) groups excluding carboxylic acids is 1. The van der Waals surface area contributed by atoms with Crippen molar-refractivity contribution >= 4 is 17.3 Å². The van der Waals surface area contributed by atoms with E-state index in [1.54, 1.807) is 36.1 Å². The lowest BCUT2D eigenvalue weighted by Crippen LogP contribution is -3.14. The molecule has 1 aliphatic rings. The van der Waals surface area contributed by atoms with Crippen molar-refractivity contribution in [2.75, 3.05) is 42.9 Å². The molecule has 6 nitrogen and oxygen atoms in total. The average molecular weight is 379 g/mol. The summed E-state index contributed by atoms with van der Waals surface area (Å²) in [6.45, 7) is 9.26. The van der Waals surface area contributed by atoms with Gasteiger partial charge in [-0.25, -0.2) is 0 Å². The number of hydrogen-bond acceptors (Lipinski definition) is 4. The Bertz CT molecular complexity index is 836. The largest absolute Gasteiger partial charge is 0.481 e. The zero-order valence-electron chi connectivity index (χ0n) is 16.4. The number of ether oxygens (including phenoxy) is 1. The van der Waals surface area contributed by atoms with Gasteiger partial charge in [-0.05, 0) is 50.2 Å². The van der Waals surface area contributed by atoms with E-state index in [0.29, 0.717) is 11.3 Å². The van der Waals surface area contributed by atoms with E-state index < -0.39 is 6.10 Å². The van der Waals surface area contributed by atoms with Crippen LogP contribution in [0.15, 0.2) is 48.5 Å². The first-order valence-corrected chi connectivity index (χ1v) is 9.76. The second-order valence-corrected chi connectivity index (χ2v) is 6.99. The fourth-order valence-corrected chi connectivity index (χ4v) is 3.37. The van der Waals surface area contributed by atoms with Crippen LogP contribution < -0.4 is 19.9 Å². The molecule has 2 aromatic rings. The topological polar surface area (TPSA) is 69.8 Å². The lowest BCUT2D eigenvalue weighted by Gasteiger charge is -2.34. The number of nitrogens with zero attached hydrogens (tertiary/aromatic N) is 2. The highest BCUT2D eigenvalue weighted by Gasteiger charge is 2.22. The normalized spacial score (nSPS) is 15.5. The van der Waals surface area contributed by atoms with Crippen molar-refractivity contribution in [3.63, 3.8) is 0 Å². The van der Waals surface area contributed by atoms with Crippen LogP contribution in [0.3, 0.4) is 0 Å². The SMILES string of the molecule is CC[NH+]1CCN(c2ccccc2NC(=O)[C@H](C)Oc2ccc(C#N)cc2)CC1. The Morgan fingerprint density at radius 2 is 1.89 bits per heavy atom. The molecule has 3 rings (SSSR count). The molecule has 2 N–H and O–H groups in total. The predicted octanol–water partition coefficient (Wildman–Crippen LogP) is 1.69. The zero-order chi connectivity index (χ0) is 19.9. The molecule has 0 saturated carbocycles. The molecule has 0 radical (unpaired) electrons. The van der Waals surface area contributed by atoms with Crippen LogP contribution in [0.1, 0.15) is 19.4 Å². The highest BCUT2D eigenvalue weighted by molar-refractivity contribution is 5.97. The van der Waals surface area contributed by atoms with E-state index >= 15 is 0 Å². The maximum absolute atomic E-state index is 12.7. The van der Waals surface area contributed by atoms with Crippen LogP contribution in [0, 0.1) is 11.3 Å². The van der Waals surface area contributed by atoms with Crippen molar-refractivity contribution in [3.8, 4) is 11.8 Å². The van der Waals surface area contributed by atoms with Crippen LogP contribution in [0.2, 0.25) is 0 Å². The quantitative estimate of drug-likeness (QED) is 0.801. The van der Waals surface area contributed by atoms with Crippen LogP contribution in [0.5, 0.6) is 5.75 Å². The molecule has 0 spiro atoms. The van der Waals surface area contributed by atoms with Gasteiger partial charge >= 0.3 is 0 Å². The van der Waals surface area contributed by atoms with E-state index in [1.807, 2.05) is 18.2 Å². The van der Waals surface area contributed by atoms with E-state index in [-0.39, 0.29) is 5.91 Å². The molecule has 0 unspecified atom stereocenters. The van der Waals surface area contributed by atoms with Gasteiger partial charge in [0, 0.05) is 0 Å². The van der Waals surface area contributed by atoms with Crippen LogP contribution in [0.4, 0.5) is 11.4 Å². The standard InChI is InChI=1S/C22H26N4O2/c1-3-25-12-14-26(15-13-25)21-7-5-4-6-20(21)24-22(27)17(2)28-19-10-8-18(16-23)9-11-19/h4-11,17H,3,12-15H2,1-2H3,(H,24,27)/p+1/t17-/m0/s1. The number of nitrogens with one attached hydrogen (secondary N) is 2. The summed E-state index contributed by atoms with van der Waals surface area (Å²) < 4.78 is 5.72. The van der Waals surface area contributed by atoms with Crippen molar-refractivity contribution in [2.24, 2.45) is 0 Å². The molecule has 0 bridgehead atoms. The minimum atomic E-state index is -0.651. The summed E-state index contributed by atoms with van der Waals surface area (Å²) in [5, 5.41) is 11.9. The molecule has 28 heavy (non-hydrogen) atoms. The third kappa shape index (κ3) is 4.81. The summed E-state index contributed by atoms with van der Waals surface area (Å²) in [6.07, 6.45) is -0.651. The van der Waals surface area contributed by atoms with Gasteiger partial charge in [-0.3, -0.25) is 4.79 Å². The maximum Gasteiger partial charge on any atom is 0.265 e. The predicted molar refractivity (Wildman–Crippen MR) is 110 cm³/mol. The van der Waals surface area contributed by atoms with E-state index in [9.17, 15) is 4.79 Å². The Hall–Kier alpha value is -3.04. The number of carbonyl (C=O) groups is 1. The van der Waals surface area contributed by atoms with Crippen LogP contribution in [0.25, 0.3) is 0 Å². The third-order valence-corrected chi connectivity index (χ3v) is 5.14. The highest BCUT2D eigenvalue weighted by Crippen LogP contribution is 2.26. The Balaban J connectivity index is 1.64. The summed E-state index contributed by atoms with van der Waals surface area (Å²) in [5.41, 5.74) is 2.42. The van der Waals surface area contributed by atoms with Gasteiger partial charge in [0.25, 0.3) is 5.91 Å². The molecular formula is C22H27N4O2+. The minimum absolute atomic E-state index is 0.199. The number of piperazine rings is 1. The van der Waals surface area contributed by atoms with Crippen LogP contribution in [-0.2, 0) is 4.79 Å². The van der Waals surface area contributed by atoms with Gasteiger partial charge in [-0.15, -0.1) is 0 Å². The summed E-state index contributed by atoms with van der Waals surface area (Å²) in [5.74, 6) is 0.364. The number of nitriles is 1. The van der Waals surface area contributed by atoms with Crippen molar-refractivity contribution in [2.45, 2.75) is 20.0 Å². The van der Waals surface area contributed by atoms with Crippen LogP contribution in [-0.4, -0.2) is 44.7 Å². The molecule has 0 aromatic heterocycles. The summed E-state index contributed by atoms with van der Waals surface area (Å²) >= 11 is 0. The minimum Gasteiger partial charge on any atom is -0.481 e. The van der Waals surface area contributed by atoms with Gasteiger partial charge < -0.3 is 19.9 Å². The number of anilines is 2. The number of quaternary nitrogens is 1. The monoisotopic (exact) mass is 379 g/mol. The first kappa shape index (κ1) is 19.7. The van der Waals surface area contributed by atoms with E-state index in [4.69, 9.17) is 10.00 Å².